The van der Waals surface area contributed by atoms with Crippen molar-refractivity contribution >= 4 is 131 Å². The molecule has 0 amide bonds. The lowest BCUT2D eigenvalue weighted by Crippen LogP contribution is -2.09. The number of thiophene rings is 1. The van der Waals surface area contributed by atoms with Crippen molar-refractivity contribution in [3.8, 4) is 44.5 Å². The third kappa shape index (κ3) is 9.96. The number of hydrogen-bond acceptors (Lipinski definition) is 4. The Balaban J connectivity index is 0.000000141. The van der Waals surface area contributed by atoms with Gasteiger partial charge >= 0.3 is 0 Å². The summed E-state index contributed by atoms with van der Waals surface area (Å²) in [4.78, 5) is 4.72. The number of para-hydroxylation sites is 1. The Morgan fingerprint density at radius 1 is 0.207 bits per heavy atom. The topological polar surface area (TPSA) is 19.6 Å². The van der Waals surface area contributed by atoms with E-state index in [1.807, 2.05) is 23.5 Å². The predicted octanol–water partition coefficient (Wildman–Crippen LogP) is 25.9. The van der Waals surface area contributed by atoms with Crippen molar-refractivity contribution in [2.75, 3.05) is 9.80 Å². The average molecular weight is 1190 g/mol. The van der Waals surface area contributed by atoms with Crippen LogP contribution in [0.5, 0.6) is 0 Å². The van der Waals surface area contributed by atoms with E-state index in [2.05, 4.69) is 350 Å². The fourth-order valence-corrected chi connectivity index (χ4v) is 14.8. The van der Waals surface area contributed by atoms with Crippen molar-refractivity contribution in [1.82, 2.24) is 0 Å². The Labute approximate surface area is 537 Å². The highest BCUT2D eigenvalue weighted by atomic mass is 32.1. The van der Waals surface area contributed by atoms with E-state index in [1.54, 1.807) is 0 Å². The smallest absolute Gasteiger partial charge is 0.136 e. The molecule has 0 aliphatic heterocycles. The Kier molecular flexibility index (Phi) is 13.8. The van der Waals surface area contributed by atoms with E-state index in [0.29, 0.717) is 0 Å². The molecule has 0 aliphatic rings. The van der Waals surface area contributed by atoms with Gasteiger partial charge < -0.3 is 14.2 Å². The molecule has 0 aliphatic carbocycles. The van der Waals surface area contributed by atoms with Crippen LogP contribution in [0.25, 0.3) is 130 Å². The van der Waals surface area contributed by atoms with E-state index >= 15 is 0 Å². The third-order valence-corrected chi connectivity index (χ3v) is 19.3. The first-order valence-electron chi connectivity index (χ1n) is 31.4. The van der Waals surface area contributed by atoms with Gasteiger partial charge in [-0.25, -0.2) is 0 Å². The second-order valence-electron chi connectivity index (χ2n) is 23.5. The number of fused-ring (bicyclic) bond motifs is 12. The van der Waals surface area contributed by atoms with Gasteiger partial charge in [-0.1, -0.05) is 255 Å². The van der Waals surface area contributed by atoms with E-state index in [0.717, 1.165) is 61.6 Å². The molecule has 0 N–H and O–H groups in total. The van der Waals surface area contributed by atoms with Crippen LogP contribution in [0.2, 0.25) is 0 Å². The van der Waals surface area contributed by atoms with Gasteiger partial charge in [-0.3, -0.25) is 0 Å². The van der Waals surface area contributed by atoms with Crippen LogP contribution in [0.3, 0.4) is 0 Å². The Morgan fingerprint density at radius 3 is 1.09 bits per heavy atom. The minimum Gasteiger partial charge on any atom is -0.456 e. The first-order chi connectivity index (χ1) is 45.6. The van der Waals surface area contributed by atoms with Gasteiger partial charge in [0.05, 0.1) is 0 Å². The number of furan rings is 1. The molecule has 18 rings (SSSR count). The number of hydrogen-bond donors (Lipinski definition) is 0. The maximum Gasteiger partial charge on any atom is 0.136 e. The summed E-state index contributed by atoms with van der Waals surface area (Å²) < 4.78 is 8.84. The first kappa shape index (κ1) is 54.3. The molecule has 16 aromatic carbocycles. The van der Waals surface area contributed by atoms with E-state index in [1.165, 1.54) is 102 Å². The lowest BCUT2D eigenvalue weighted by atomic mass is 9.98. The van der Waals surface area contributed by atoms with Crippen LogP contribution in [-0.2, 0) is 0 Å². The molecular weight excluding hydrogens is 1130 g/mol. The monoisotopic (exact) mass is 1190 g/mol. The summed E-state index contributed by atoms with van der Waals surface area (Å²) in [6.45, 7) is 0. The largest absolute Gasteiger partial charge is 0.456 e. The lowest BCUT2D eigenvalue weighted by Gasteiger charge is -2.26. The van der Waals surface area contributed by atoms with Crippen molar-refractivity contribution in [2.24, 2.45) is 0 Å². The van der Waals surface area contributed by atoms with Crippen LogP contribution in [0, 0.1) is 0 Å². The summed E-state index contributed by atoms with van der Waals surface area (Å²) in [5.41, 5.74) is 18.2. The molecule has 92 heavy (non-hydrogen) atoms. The van der Waals surface area contributed by atoms with E-state index in [4.69, 9.17) is 4.42 Å². The molecule has 0 saturated heterocycles. The molecule has 4 heteroatoms. The molecule has 2 aromatic heterocycles. The highest BCUT2D eigenvalue weighted by Gasteiger charge is 2.19. The van der Waals surface area contributed by atoms with Gasteiger partial charge in [0.2, 0.25) is 0 Å². The average Bonchev–Trinajstić information content (AvgIpc) is 1.63. The zero-order valence-electron chi connectivity index (χ0n) is 50.2. The summed E-state index contributed by atoms with van der Waals surface area (Å²) in [7, 11) is 0. The fourth-order valence-electron chi connectivity index (χ4n) is 13.7. The fraction of sp³-hybridized carbons (Fsp3) is 0. The molecule has 432 valence electrons. The molecular formula is C88H58N2OS. The van der Waals surface area contributed by atoms with Crippen LogP contribution in [0.1, 0.15) is 0 Å². The van der Waals surface area contributed by atoms with Gasteiger partial charge in [0.15, 0.2) is 0 Å². The summed E-state index contributed by atoms with van der Waals surface area (Å²) in [6.07, 6.45) is 0. The van der Waals surface area contributed by atoms with Crippen LogP contribution in [0.15, 0.2) is 356 Å². The molecule has 0 saturated carbocycles. The second kappa shape index (κ2) is 23.3. The highest BCUT2D eigenvalue weighted by molar-refractivity contribution is 7.26. The van der Waals surface area contributed by atoms with Gasteiger partial charge in [0.1, 0.15) is 11.2 Å². The Hall–Kier alpha value is -11.8. The molecule has 0 atom stereocenters. The van der Waals surface area contributed by atoms with Crippen molar-refractivity contribution in [3.63, 3.8) is 0 Å². The molecule has 0 radical (unpaired) electrons. The van der Waals surface area contributed by atoms with Gasteiger partial charge in [-0.2, -0.15) is 0 Å². The molecule has 3 nitrogen and oxygen atoms in total. The molecule has 0 unspecified atom stereocenters. The van der Waals surface area contributed by atoms with Gasteiger partial charge in [-0.05, 0) is 185 Å². The van der Waals surface area contributed by atoms with E-state index < -0.39 is 0 Å². The van der Waals surface area contributed by atoms with Crippen LogP contribution in [0.4, 0.5) is 34.1 Å². The van der Waals surface area contributed by atoms with Crippen LogP contribution in [-0.4, -0.2) is 0 Å². The zero-order valence-corrected chi connectivity index (χ0v) is 51.0. The maximum atomic E-state index is 6.19. The zero-order chi connectivity index (χ0) is 60.9. The van der Waals surface area contributed by atoms with Crippen LogP contribution < -0.4 is 9.80 Å². The van der Waals surface area contributed by atoms with Crippen molar-refractivity contribution in [3.05, 3.63) is 352 Å². The first-order valence-corrected chi connectivity index (χ1v) is 32.2. The minimum absolute atomic E-state index is 0.909. The van der Waals surface area contributed by atoms with Gasteiger partial charge in [0.25, 0.3) is 0 Å². The third-order valence-electron chi connectivity index (χ3n) is 18.1. The van der Waals surface area contributed by atoms with Crippen molar-refractivity contribution in [1.29, 1.82) is 0 Å². The predicted molar refractivity (Wildman–Crippen MR) is 394 cm³/mol. The van der Waals surface area contributed by atoms with E-state index in [9.17, 15) is 0 Å². The molecule has 2 heterocycles. The quantitative estimate of drug-likeness (QED) is 0.127. The second-order valence-corrected chi connectivity index (χ2v) is 24.6. The Bertz CT molecular complexity index is 5380. The summed E-state index contributed by atoms with van der Waals surface area (Å²) in [5, 5.41) is 15.0. The molecule has 18 aromatic rings. The normalized spacial score (nSPS) is 11.5. The number of rotatable bonds is 10. The minimum atomic E-state index is 0.909. The van der Waals surface area contributed by atoms with E-state index in [-0.39, 0.29) is 0 Å². The maximum absolute atomic E-state index is 6.19. The molecule has 0 spiro atoms. The Morgan fingerprint density at radius 2 is 0.565 bits per heavy atom. The summed E-state index contributed by atoms with van der Waals surface area (Å²) >= 11 is 1.87. The number of benzene rings is 16. The standard InChI is InChI=1S/C44H29NO.C44H29NS/c2*1-2-9-30(10-3-1)31-19-23-35(24-20-31)45(37-27-28-39-34(29-37)18-17-32-11-4-5-12-38(32)39)36-25-21-33(22-26-36)40-14-8-16-43-44(40)41-13-6-7-15-42(41)46-43/h2*1-29H. The number of anilines is 6. The molecule has 0 fully saturated rings. The SMILES string of the molecule is c1ccc(-c2ccc(N(c3ccc(-c4cccc5oc6ccccc6c45)cc3)c3ccc4c(ccc5ccccc54)c3)cc2)cc1.c1ccc(-c2ccc(N(c3ccc(-c4cccc5sc6ccccc6c45)cc3)c3ccc4c(ccc5ccccc54)c3)cc2)cc1. The van der Waals surface area contributed by atoms with Crippen LogP contribution >= 0.6 is 11.3 Å². The van der Waals surface area contributed by atoms with Gasteiger partial charge in [-0.15, -0.1) is 11.3 Å². The highest BCUT2D eigenvalue weighted by Crippen LogP contribution is 2.45. The molecule has 0 bridgehead atoms. The number of nitrogens with zero attached hydrogens (tertiary/aromatic N) is 2. The lowest BCUT2D eigenvalue weighted by molar-refractivity contribution is 0.669. The summed E-state index contributed by atoms with van der Waals surface area (Å²) in [5.74, 6) is 0. The summed E-state index contributed by atoms with van der Waals surface area (Å²) in [6, 6.07) is 127. The van der Waals surface area contributed by atoms with Crippen molar-refractivity contribution < 1.29 is 4.42 Å². The van der Waals surface area contributed by atoms with Gasteiger partial charge in [0, 0.05) is 65.1 Å². The van der Waals surface area contributed by atoms with Crippen molar-refractivity contribution in [2.45, 2.75) is 0 Å².